The predicted octanol–water partition coefficient (Wildman–Crippen LogP) is 3.04. The van der Waals surface area contributed by atoms with E-state index in [1.165, 1.54) is 0 Å². The number of para-hydroxylation sites is 1. The Hall–Kier alpha value is -2.05. The molecule has 6 nitrogen and oxygen atoms in total. The van der Waals surface area contributed by atoms with Crippen molar-refractivity contribution in [3.63, 3.8) is 0 Å². The van der Waals surface area contributed by atoms with Gasteiger partial charge < -0.3 is 15.4 Å². The van der Waals surface area contributed by atoms with E-state index in [1.807, 2.05) is 49.8 Å². The Balaban J connectivity index is 0.00000261. The van der Waals surface area contributed by atoms with E-state index >= 15 is 0 Å². The highest BCUT2D eigenvalue weighted by Crippen LogP contribution is 2.22. The van der Waals surface area contributed by atoms with Crippen molar-refractivity contribution in [2.24, 2.45) is 0 Å². The first kappa shape index (κ1) is 21.3. The van der Waals surface area contributed by atoms with Crippen LogP contribution in [-0.4, -0.2) is 41.4 Å². The van der Waals surface area contributed by atoms with Crippen LogP contribution in [0.3, 0.4) is 0 Å². The fourth-order valence-corrected chi connectivity index (χ4v) is 3.30. The van der Waals surface area contributed by atoms with Gasteiger partial charge in [0.1, 0.15) is 18.1 Å². The zero-order valence-corrected chi connectivity index (χ0v) is 17.0. The monoisotopic (exact) mass is 392 g/mol. The third kappa shape index (κ3) is 5.47. The zero-order valence-electron chi connectivity index (χ0n) is 16.2. The first-order valence-electron chi connectivity index (χ1n) is 9.30. The summed E-state index contributed by atoms with van der Waals surface area (Å²) in [4.78, 5) is 12.4. The van der Waals surface area contributed by atoms with Gasteiger partial charge >= 0.3 is 0 Å². The number of carbonyl (C=O) groups is 1. The predicted molar refractivity (Wildman–Crippen MR) is 109 cm³/mol. The van der Waals surface area contributed by atoms with E-state index in [9.17, 15) is 4.79 Å². The van der Waals surface area contributed by atoms with Crippen molar-refractivity contribution < 1.29 is 9.53 Å². The number of benzene rings is 1. The van der Waals surface area contributed by atoms with Crippen molar-refractivity contribution >= 4 is 18.3 Å². The van der Waals surface area contributed by atoms with Crippen LogP contribution in [0.2, 0.25) is 0 Å². The molecule has 2 N–H and O–H groups in total. The second-order valence-corrected chi connectivity index (χ2v) is 7.09. The molecule has 1 amide bonds. The van der Waals surface area contributed by atoms with Gasteiger partial charge in [0.15, 0.2) is 0 Å². The number of aryl methyl sites for hydroxylation is 2. The summed E-state index contributed by atoms with van der Waals surface area (Å²) >= 11 is 0. The van der Waals surface area contributed by atoms with Crippen LogP contribution >= 0.6 is 12.4 Å². The lowest BCUT2D eigenvalue weighted by atomic mass is 10.1. The molecule has 7 heteroatoms. The van der Waals surface area contributed by atoms with Crippen LogP contribution in [0.4, 0.5) is 0 Å². The van der Waals surface area contributed by atoms with E-state index in [2.05, 4.69) is 15.7 Å². The summed E-state index contributed by atoms with van der Waals surface area (Å²) in [5.74, 6) is 0.729. The van der Waals surface area contributed by atoms with Crippen LogP contribution in [0.1, 0.15) is 47.4 Å². The van der Waals surface area contributed by atoms with Crippen LogP contribution in [0.25, 0.3) is 0 Å². The molecule has 148 valence electrons. The number of amides is 1. The number of carbonyl (C=O) groups excluding carboxylic acids is 1. The molecule has 1 fully saturated rings. The number of hydrogen-bond acceptors (Lipinski definition) is 4. The number of piperidine rings is 1. The maximum Gasteiger partial charge on any atom is 0.272 e. The fourth-order valence-electron chi connectivity index (χ4n) is 3.30. The SMILES string of the molecule is Cc1cccc(C)c1OCC(C)NC(=O)c1ccn(C2CCCNC2)n1.Cl. The van der Waals surface area contributed by atoms with Gasteiger partial charge in [-0.2, -0.15) is 5.10 Å². The number of halogens is 1. The largest absolute Gasteiger partial charge is 0.491 e. The summed E-state index contributed by atoms with van der Waals surface area (Å²) in [6.45, 7) is 8.38. The minimum atomic E-state index is -0.162. The Kier molecular flexibility index (Phi) is 7.68. The van der Waals surface area contributed by atoms with Crippen molar-refractivity contribution in [1.29, 1.82) is 0 Å². The highest BCUT2D eigenvalue weighted by atomic mass is 35.5. The van der Waals surface area contributed by atoms with Crippen molar-refractivity contribution in [1.82, 2.24) is 20.4 Å². The normalized spacial score (nSPS) is 17.7. The molecule has 2 unspecified atom stereocenters. The van der Waals surface area contributed by atoms with Crippen molar-refractivity contribution in [3.05, 3.63) is 47.3 Å². The molecule has 1 saturated heterocycles. The van der Waals surface area contributed by atoms with Gasteiger partial charge in [0.05, 0.1) is 12.1 Å². The number of aromatic nitrogens is 2. The van der Waals surface area contributed by atoms with Gasteiger partial charge in [-0.05, 0) is 57.4 Å². The Morgan fingerprint density at radius 3 is 2.78 bits per heavy atom. The summed E-state index contributed by atoms with van der Waals surface area (Å²) in [5, 5.41) is 10.8. The van der Waals surface area contributed by atoms with Crippen LogP contribution in [0, 0.1) is 13.8 Å². The van der Waals surface area contributed by atoms with Crippen molar-refractivity contribution in [3.8, 4) is 5.75 Å². The third-order valence-corrected chi connectivity index (χ3v) is 4.75. The van der Waals surface area contributed by atoms with Crippen LogP contribution in [0.5, 0.6) is 5.75 Å². The van der Waals surface area contributed by atoms with Crippen LogP contribution in [0.15, 0.2) is 30.5 Å². The molecule has 1 aliphatic heterocycles. The van der Waals surface area contributed by atoms with Gasteiger partial charge in [0.25, 0.3) is 5.91 Å². The highest BCUT2D eigenvalue weighted by molar-refractivity contribution is 5.92. The minimum absolute atomic E-state index is 0. The Bertz CT molecular complexity index is 736. The molecule has 2 aromatic rings. The van der Waals surface area contributed by atoms with Gasteiger partial charge in [-0.1, -0.05) is 18.2 Å². The van der Waals surface area contributed by atoms with Crippen molar-refractivity contribution in [2.45, 2.75) is 45.7 Å². The van der Waals surface area contributed by atoms with Crippen LogP contribution < -0.4 is 15.4 Å². The third-order valence-electron chi connectivity index (χ3n) is 4.75. The molecule has 0 spiro atoms. The van der Waals surface area contributed by atoms with Gasteiger partial charge in [0.2, 0.25) is 0 Å². The molecule has 0 bridgehead atoms. The fraction of sp³-hybridized carbons (Fsp3) is 0.500. The molecule has 1 aliphatic rings. The summed E-state index contributed by atoms with van der Waals surface area (Å²) < 4.78 is 7.82. The van der Waals surface area contributed by atoms with E-state index in [0.717, 1.165) is 42.8 Å². The second-order valence-electron chi connectivity index (χ2n) is 7.09. The molecule has 2 atom stereocenters. The van der Waals surface area contributed by atoms with Gasteiger partial charge in [0, 0.05) is 12.7 Å². The molecule has 1 aromatic carbocycles. The van der Waals surface area contributed by atoms with E-state index in [4.69, 9.17) is 4.74 Å². The average molecular weight is 393 g/mol. The zero-order chi connectivity index (χ0) is 18.5. The van der Waals surface area contributed by atoms with E-state index in [0.29, 0.717) is 18.3 Å². The smallest absolute Gasteiger partial charge is 0.272 e. The quantitative estimate of drug-likeness (QED) is 0.792. The number of ether oxygens (including phenoxy) is 1. The van der Waals surface area contributed by atoms with E-state index < -0.39 is 0 Å². The van der Waals surface area contributed by atoms with Crippen molar-refractivity contribution in [2.75, 3.05) is 19.7 Å². The molecule has 27 heavy (non-hydrogen) atoms. The number of rotatable bonds is 6. The second kappa shape index (κ2) is 9.76. The maximum absolute atomic E-state index is 12.4. The highest BCUT2D eigenvalue weighted by Gasteiger charge is 2.18. The molecule has 2 heterocycles. The minimum Gasteiger partial charge on any atom is -0.491 e. The Morgan fingerprint density at radius 2 is 2.11 bits per heavy atom. The first-order chi connectivity index (χ1) is 12.5. The van der Waals surface area contributed by atoms with Crippen LogP contribution in [-0.2, 0) is 0 Å². The Labute approximate surface area is 167 Å². The topological polar surface area (TPSA) is 68.2 Å². The number of nitrogens with zero attached hydrogens (tertiary/aromatic N) is 2. The van der Waals surface area contributed by atoms with Gasteiger partial charge in [-0.3, -0.25) is 9.48 Å². The van der Waals surface area contributed by atoms with E-state index in [1.54, 1.807) is 6.07 Å². The molecule has 0 aliphatic carbocycles. The van der Waals surface area contributed by atoms with Gasteiger partial charge in [-0.15, -0.1) is 12.4 Å². The lowest BCUT2D eigenvalue weighted by Crippen LogP contribution is -2.37. The summed E-state index contributed by atoms with van der Waals surface area (Å²) in [6, 6.07) is 8.07. The lowest BCUT2D eigenvalue weighted by Gasteiger charge is -2.22. The molecule has 0 radical (unpaired) electrons. The molecule has 3 rings (SSSR count). The maximum atomic E-state index is 12.4. The summed E-state index contributed by atoms with van der Waals surface area (Å²) in [6.07, 6.45) is 4.12. The Morgan fingerprint density at radius 1 is 1.37 bits per heavy atom. The molecular formula is C20H29ClN4O2. The molecule has 0 saturated carbocycles. The summed E-state index contributed by atoms with van der Waals surface area (Å²) in [7, 11) is 0. The average Bonchev–Trinajstić information content (AvgIpc) is 3.12. The number of nitrogens with one attached hydrogen (secondary N) is 2. The molecular weight excluding hydrogens is 364 g/mol. The first-order valence-corrected chi connectivity index (χ1v) is 9.30. The lowest BCUT2D eigenvalue weighted by molar-refractivity contribution is 0.0920. The molecule has 1 aromatic heterocycles. The standard InChI is InChI=1S/C20H28N4O2.ClH/c1-14-6-4-7-15(2)19(14)26-13-16(3)22-20(25)18-9-11-24(23-18)17-8-5-10-21-12-17;/h4,6-7,9,11,16-17,21H,5,8,10,12-13H2,1-3H3,(H,22,25);1H. The van der Waals surface area contributed by atoms with Gasteiger partial charge in [-0.25, -0.2) is 0 Å². The number of hydrogen-bond donors (Lipinski definition) is 2. The summed E-state index contributed by atoms with van der Waals surface area (Å²) in [5.41, 5.74) is 2.65. The van der Waals surface area contributed by atoms with E-state index in [-0.39, 0.29) is 24.4 Å².